The molecule has 3 heteroatoms. The highest BCUT2D eigenvalue weighted by molar-refractivity contribution is 6.09. The Balaban J connectivity index is 0.00000225. The number of benzene rings is 3. The van der Waals surface area contributed by atoms with Crippen molar-refractivity contribution >= 4 is 18.2 Å². The molecule has 0 amide bonds. The molecule has 3 aromatic carbocycles. The van der Waals surface area contributed by atoms with Crippen LogP contribution in [0, 0.1) is 0 Å². The van der Waals surface area contributed by atoms with Crippen LogP contribution in [0.4, 0.5) is 0 Å². The molecule has 0 spiro atoms. The first kappa shape index (κ1) is 20.3. The third-order valence-corrected chi connectivity index (χ3v) is 5.60. The van der Waals surface area contributed by atoms with E-state index in [1.807, 2.05) is 54.6 Å². The molecule has 1 unspecified atom stereocenters. The van der Waals surface area contributed by atoms with Crippen molar-refractivity contribution in [3.05, 3.63) is 95.6 Å². The summed E-state index contributed by atoms with van der Waals surface area (Å²) in [6.45, 7) is 4.71. The molecule has 144 valence electrons. The van der Waals surface area contributed by atoms with Crippen molar-refractivity contribution in [3.63, 3.8) is 0 Å². The summed E-state index contributed by atoms with van der Waals surface area (Å²) in [5.74, 6) is 0.0666. The lowest BCUT2D eigenvalue weighted by Gasteiger charge is -2.24. The molecule has 0 bridgehead atoms. The van der Waals surface area contributed by atoms with E-state index in [2.05, 4.69) is 36.1 Å². The van der Waals surface area contributed by atoms with Gasteiger partial charge in [-0.05, 0) is 49.5 Å². The van der Waals surface area contributed by atoms with Crippen molar-refractivity contribution in [2.24, 2.45) is 0 Å². The SMILES string of the molecule is CC(c1ccc(-c2ccc(C(=O)c3ccccc3)cc2)cc1)N1CCCC1.Cl. The number of carbonyl (C=O) groups is 1. The number of halogens is 1. The Morgan fingerprint density at radius 2 is 1.25 bits per heavy atom. The van der Waals surface area contributed by atoms with E-state index < -0.39 is 0 Å². The monoisotopic (exact) mass is 391 g/mol. The van der Waals surface area contributed by atoms with Crippen LogP contribution in [-0.4, -0.2) is 23.8 Å². The first-order valence-corrected chi connectivity index (χ1v) is 9.76. The zero-order chi connectivity index (χ0) is 18.6. The topological polar surface area (TPSA) is 20.3 Å². The van der Waals surface area contributed by atoms with E-state index in [-0.39, 0.29) is 18.2 Å². The molecule has 1 aliphatic rings. The lowest BCUT2D eigenvalue weighted by Crippen LogP contribution is -2.23. The third kappa shape index (κ3) is 4.35. The summed E-state index contributed by atoms with van der Waals surface area (Å²) in [4.78, 5) is 15.1. The quantitative estimate of drug-likeness (QED) is 0.485. The molecular formula is C25H26ClNO. The Bertz CT molecular complexity index is 898. The Morgan fingerprint density at radius 3 is 1.82 bits per heavy atom. The Labute approximate surface area is 173 Å². The largest absolute Gasteiger partial charge is 0.297 e. The van der Waals surface area contributed by atoms with E-state index >= 15 is 0 Å². The molecule has 0 saturated carbocycles. The van der Waals surface area contributed by atoms with Gasteiger partial charge in [-0.25, -0.2) is 0 Å². The average molecular weight is 392 g/mol. The molecule has 2 nitrogen and oxygen atoms in total. The number of hydrogen-bond donors (Lipinski definition) is 0. The van der Waals surface area contributed by atoms with Crippen molar-refractivity contribution in [1.82, 2.24) is 4.90 Å². The molecule has 1 saturated heterocycles. The minimum atomic E-state index is 0. The second-order valence-electron chi connectivity index (χ2n) is 7.31. The predicted octanol–water partition coefficient (Wildman–Crippen LogP) is 6.16. The van der Waals surface area contributed by atoms with Gasteiger partial charge in [-0.2, -0.15) is 0 Å². The van der Waals surface area contributed by atoms with Gasteiger partial charge in [-0.15, -0.1) is 12.4 Å². The number of carbonyl (C=O) groups excluding carboxylic acids is 1. The zero-order valence-electron chi connectivity index (χ0n) is 16.2. The van der Waals surface area contributed by atoms with E-state index in [1.165, 1.54) is 37.1 Å². The maximum absolute atomic E-state index is 12.5. The summed E-state index contributed by atoms with van der Waals surface area (Å²) >= 11 is 0. The van der Waals surface area contributed by atoms with Crippen molar-refractivity contribution in [1.29, 1.82) is 0 Å². The lowest BCUT2D eigenvalue weighted by molar-refractivity contribution is 0.103. The van der Waals surface area contributed by atoms with Gasteiger partial charge in [0.2, 0.25) is 0 Å². The van der Waals surface area contributed by atoms with Crippen molar-refractivity contribution in [2.75, 3.05) is 13.1 Å². The van der Waals surface area contributed by atoms with Gasteiger partial charge in [0.1, 0.15) is 0 Å². The van der Waals surface area contributed by atoms with Crippen LogP contribution >= 0.6 is 12.4 Å². The van der Waals surface area contributed by atoms with E-state index in [1.54, 1.807) is 0 Å². The van der Waals surface area contributed by atoms with Gasteiger partial charge < -0.3 is 0 Å². The minimum Gasteiger partial charge on any atom is -0.297 e. The fraction of sp³-hybridized carbons (Fsp3) is 0.240. The summed E-state index contributed by atoms with van der Waals surface area (Å²) < 4.78 is 0. The predicted molar refractivity (Wildman–Crippen MR) is 118 cm³/mol. The number of likely N-dealkylation sites (tertiary alicyclic amines) is 1. The van der Waals surface area contributed by atoms with Crippen LogP contribution in [0.1, 0.15) is 47.3 Å². The van der Waals surface area contributed by atoms with Crippen molar-refractivity contribution < 1.29 is 4.79 Å². The summed E-state index contributed by atoms with van der Waals surface area (Å²) in [5.41, 5.74) is 5.15. The molecule has 4 rings (SSSR count). The first-order chi connectivity index (χ1) is 13.2. The molecule has 0 N–H and O–H groups in total. The highest BCUT2D eigenvalue weighted by Gasteiger charge is 2.19. The Kier molecular flexibility index (Phi) is 6.66. The van der Waals surface area contributed by atoms with Crippen LogP contribution in [-0.2, 0) is 0 Å². The smallest absolute Gasteiger partial charge is 0.193 e. The van der Waals surface area contributed by atoms with Crippen molar-refractivity contribution in [3.8, 4) is 11.1 Å². The highest BCUT2D eigenvalue weighted by atomic mass is 35.5. The van der Waals surface area contributed by atoms with E-state index in [4.69, 9.17) is 0 Å². The maximum atomic E-state index is 12.5. The van der Waals surface area contributed by atoms with Gasteiger partial charge in [-0.1, -0.05) is 78.9 Å². The van der Waals surface area contributed by atoms with Crippen LogP contribution < -0.4 is 0 Å². The van der Waals surface area contributed by atoms with Gasteiger partial charge in [0, 0.05) is 17.2 Å². The molecule has 0 radical (unpaired) electrons. The summed E-state index contributed by atoms with van der Waals surface area (Å²) in [6, 6.07) is 26.7. The molecule has 1 aliphatic heterocycles. The fourth-order valence-electron chi connectivity index (χ4n) is 3.86. The standard InChI is InChI=1S/C25H25NO.ClH/c1-19(26-17-5-6-18-26)20-9-11-21(12-10-20)22-13-15-24(16-14-22)25(27)23-7-3-2-4-8-23;/h2-4,7-16,19H,5-6,17-18H2,1H3;1H. The minimum absolute atomic E-state index is 0. The van der Waals surface area contributed by atoms with Crippen LogP contribution in [0.3, 0.4) is 0 Å². The molecule has 0 aliphatic carbocycles. The number of hydrogen-bond acceptors (Lipinski definition) is 2. The van der Waals surface area contributed by atoms with Crippen LogP contribution in [0.15, 0.2) is 78.9 Å². The first-order valence-electron chi connectivity index (χ1n) is 9.76. The normalized spacial score (nSPS) is 15.0. The fourth-order valence-corrected chi connectivity index (χ4v) is 3.86. The summed E-state index contributed by atoms with van der Waals surface area (Å²) in [6.07, 6.45) is 2.63. The van der Waals surface area contributed by atoms with Gasteiger partial charge in [0.05, 0.1) is 0 Å². The Hall–Kier alpha value is -2.42. The number of rotatable bonds is 5. The van der Waals surface area contributed by atoms with E-state index in [0.717, 1.165) is 16.7 Å². The summed E-state index contributed by atoms with van der Waals surface area (Å²) in [5, 5.41) is 0. The second-order valence-corrected chi connectivity index (χ2v) is 7.31. The second kappa shape index (κ2) is 9.18. The highest BCUT2D eigenvalue weighted by Crippen LogP contribution is 2.27. The molecule has 28 heavy (non-hydrogen) atoms. The molecule has 1 heterocycles. The molecule has 1 atom stereocenters. The van der Waals surface area contributed by atoms with Crippen LogP contribution in [0.5, 0.6) is 0 Å². The number of ketones is 1. The van der Waals surface area contributed by atoms with Crippen LogP contribution in [0.25, 0.3) is 11.1 Å². The van der Waals surface area contributed by atoms with Gasteiger partial charge in [0.15, 0.2) is 5.78 Å². The average Bonchev–Trinajstić information content (AvgIpc) is 3.28. The molecule has 1 fully saturated rings. The lowest BCUT2D eigenvalue weighted by atomic mass is 9.98. The molecule has 0 aromatic heterocycles. The van der Waals surface area contributed by atoms with Crippen LogP contribution in [0.2, 0.25) is 0 Å². The molecule has 3 aromatic rings. The zero-order valence-corrected chi connectivity index (χ0v) is 17.0. The maximum Gasteiger partial charge on any atom is 0.193 e. The van der Waals surface area contributed by atoms with E-state index in [9.17, 15) is 4.79 Å². The van der Waals surface area contributed by atoms with Gasteiger partial charge >= 0.3 is 0 Å². The van der Waals surface area contributed by atoms with Crippen molar-refractivity contribution in [2.45, 2.75) is 25.8 Å². The van der Waals surface area contributed by atoms with E-state index in [0.29, 0.717) is 6.04 Å². The Morgan fingerprint density at radius 1 is 0.750 bits per heavy atom. The summed E-state index contributed by atoms with van der Waals surface area (Å²) in [7, 11) is 0. The number of nitrogens with zero attached hydrogens (tertiary/aromatic N) is 1. The molecular weight excluding hydrogens is 366 g/mol. The van der Waals surface area contributed by atoms with Gasteiger partial charge in [0.25, 0.3) is 0 Å². The van der Waals surface area contributed by atoms with Gasteiger partial charge in [-0.3, -0.25) is 9.69 Å². The third-order valence-electron chi connectivity index (χ3n) is 5.60.